The monoisotopic (exact) mass is 932 g/mol. The number of hydrogen-bond donors (Lipinski definition) is 0. The van der Waals surface area contributed by atoms with Crippen molar-refractivity contribution < 1.29 is 57.1 Å². The zero-order valence-corrected chi connectivity index (χ0v) is 38.4. The van der Waals surface area contributed by atoms with Crippen molar-refractivity contribution in [3.63, 3.8) is 0 Å². The van der Waals surface area contributed by atoms with Gasteiger partial charge in [0.25, 0.3) is 0 Å². The first-order chi connectivity index (χ1) is 33.8. The average molecular weight is 933 g/mol. The van der Waals surface area contributed by atoms with Crippen molar-refractivity contribution in [2.45, 2.75) is 27.2 Å². The van der Waals surface area contributed by atoms with E-state index in [-0.39, 0.29) is 34.2 Å². The van der Waals surface area contributed by atoms with Gasteiger partial charge in [-0.3, -0.25) is 4.79 Å². The highest BCUT2D eigenvalue weighted by Gasteiger charge is 2.16. The van der Waals surface area contributed by atoms with Gasteiger partial charge in [0.15, 0.2) is 5.78 Å². The minimum absolute atomic E-state index is 0.0416. The molecule has 0 spiro atoms. The Morgan fingerprint density at radius 1 is 0.343 bits per heavy atom. The largest absolute Gasteiger partial charge is 0.496 e. The Balaban J connectivity index is 0.767. The lowest BCUT2D eigenvalue weighted by Gasteiger charge is -2.11. The number of ether oxygens (including phenoxy) is 7. The van der Waals surface area contributed by atoms with Crippen LogP contribution in [0.1, 0.15) is 81.0 Å². The molecule has 12 nitrogen and oxygen atoms in total. The Labute approximate surface area is 403 Å². The van der Waals surface area contributed by atoms with Gasteiger partial charge in [-0.1, -0.05) is 24.3 Å². The zero-order valence-electron chi connectivity index (χ0n) is 38.4. The summed E-state index contributed by atoms with van der Waals surface area (Å²) in [6.07, 6.45) is 0.732. The third-order valence-corrected chi connectivity index (χ3v) is 10.9. The van der Waals surface area contributed by atoms with Crippen molar-refractivity contribution in [1.82, 2.24) is 0 Å². The van der Waals surface area contributed by atoms with Gasteiger partial charge in [0.1, 0.15) is 51.7 Å². The fraction of sp³-hybridized carbons (Fsp3) is 0.0862. The van der Waals surface area contributed by atoms with Crippen LogP contribution < -0.4 is 33.2 Å². The lowest BCUT2D eigenvalue weighted by atomic mass is 10.0. The van der Waals surface area contributed by atoms with Crippen molar-refractivity contribution >= 4 is 29.7 Å². The number of carbonyl (C=O) groups is 5. The maximum Gasteiger partial charge on any atom is 0.343 e. The van der Waals surface area contributed by atoms with E-state index in [0.717, 1.165) is 34.4 Å². The van der Waals surface area contributed by atoms with E-state index in [0.29, 0.717) is 45.4 Å². The van der Waals surface area contributed by atoms with Gasteiger partial charge in [-0.05, 0) is 207 Å². The standard InChI is InChI=1S/C58H44O12/c1-36-33-39(5-31-53(36)64-4)35-40-6-32-54(37(2)34-40)70-58(63)45-13-23-49(24-14-45)66-48-21-9-42(10-22-48)55(60)67-50-25-15-44(16-26-50)57(62)69-52-29-27-51(28-30-52)68-56(61)43-11-19-47(20-12-43)65-46-17-7-41(8-18-46)38(3)59/h5-34H,35H2,1-4H3. The highest BCUT2D eigenvalue weighted by Crippen LogP contribution is 2.28. The third kappa shape index (κ3) is 12.2. The van der Waals surface area contributed by atoms with Crippen molar-refractivity contribution in [1.29, 1.82) is 0 Å². The molecule has 0 N–H and O–H groups in total. The molecule has 0 heterocycles. The molecule has 0 amide bonds. The number of hydrogen-bond acceptors (Lipinski definition) is 12. The summed E-state index contributed by atoms with van der Waals surface area (Å²) >= 11 is 0. The number of ketones is 1. The van der Waals surface area contributed by atoms with Gasteiger partial charge >= 0.3 is 23.9 Å². The quantitative estimate of drug-likeness (QED) is 0.0515. The van der Waals surface area contributed by atoms with Gasteiger partial charge in [-0.25, -0.2) is 19.2 Å². The second kappa shape index (κ2) is 21.6. The third-order valence-electron chi connectivity index (χ3n) is 10.9. The topological polar surface area (TPSA) is 150 Å². The highest BCUT2D eigenvalue weighted by atomic mass is 16.6. The lowest BCUT2D eigenvalue weighted by Crippen LogP contribution is -2.10. The maximum absolute atomic E-state index is 13.0. The van der Waals surface area contributed by atoms with E-state index in [1.54, 1.807) is 110 Å². The van der Waals surface area contributed by atoms with E-state index in [1.165, 1.54) is 55.5 Å². The Hall–Kier alpha value is -9.29. The summed E-state index contributed by atoms with van der Waals surface area (Å²) in [5.41, 5.74) is 5.85. The van der Waals surface area contributed by atoms with E-state index < -0.39 is 23.9 Å². The van der Waals surface area contributed by atoms with Gasteiger partial charge in [0, 0.05) is 5.56 Å². The zero-order chi connectivity index (χ0) is 49.1. The molecule has 0 aliphatic carbocycles. The average Bonchev–Trinajstić information content (AvgIpc) is 3.36. The van der Waals surface area contributed by atoms with Crippen molar-refractivity contribution in [3.8, 4) is 51.7 Å². The summed E-state index contributed by atoms with van der Waals surface area (Å²) < 4.78 is 39.3. The van der Waals surface area contributed by atoms with Crippen LogP contribution in [0.2, 0.25) is 0 Å². The summed E-state index contributed by atoms with van der Waals surface area (Å²) in [5, 5.41) is 0. The number of aryl methyl sites for hydroxylation is 2. The van der Waals surface area contributed by atoms with Crippen molar-refractivity contribution in [3.05, 3.63) is 232 Å². The molecule has 0 radical (unpaired) electrons. The SMILES string of the molecule is COc1ccc(Cc2ccc(OC(=O)c3ccc(Oc4ccc(C(=O)Oc5ccc(C(=O)Oc6ccc(OC(=O)c7ccc(Oc8ccc(C(C)=O)cc8)cc7)cc6)cc5)cc4)cc3)c(C)c2)cc1C. The maximum atomic E-state index is 13.0. The first-order valence-corrected chi connectivity index (χ1v) is 21.9. The Bertz CT molecular complexity index is 3180. The fourth-order valence-electron chi connectivity index (χ4n) is 7.12. The molecule has 12 heteroatoms. The number of carbonyl (C=O) groups excluding carboxylic acids is 5. The minimum Gasteiger partial charge on any atom is -0.496 e. The van der Waals surface area contributed by atoms with Gasteiger partial charge in [0.05, 0.1) is 29.4 Å². The molecule has 0 bridgehead atoms. The first-order valence-electron chi connectivity index (χ1n) is 21.9. The number of benzene rings is 8. The lowest BCUT2D eigenvalue weighted by molar-refractivity contribution is 0.0718. The van der Waals surface area contributed by atoms with Gasteiger partial charge in [-0.15, -0.1) is 0 Å². The molecule has 8 aromatic carbocycles. The number of Topliss-reactive ketones (excluding diaryl/α,β-unsaturated/α-hetero) is 1. The van der Waals surface area contributed by atoms with Crippen LogP contribution in [0.4, 0.5) is 0 Å². The number of rotatable bonds is 16. The van der Waals surface area contributed by atoms with Crippen LogP contribution in [0.5, 0.6) is 51.7 Å². The van der Waals surface area contributed by atoms with Gasteiger partial charge in [-0.2, -0.15) is 0 Å². The van der Waals surface area contributed by atoms with Gasteiger partial charge < -0.3 is 33.2 Å². The summed E-state index contributed by atoms with van der Waals surface area (Å²) in [6.45, 7) is 5.41. The molecule has 0 aliphatic rings. The second-order valence-electron chi connectivity index (χ2n) is 16.0. The smallest absolute Gasteiger partial charge is 0.343 e. The van der Waals surface area contributed by atoms with Crippen molar-refractivity contribution in [2.75, 3.05) is 7.11 Å². The molecule has 0 aromatic heterocycles. The molecule has 0 aliphatic heterocycles. The molecule has 0 atom stereocenters. The Morgan fingerprint density at radius 2 is 0.629 bits per heavy atom. The minimum atomic E-state index is -0.655. The Morgan fingerprint density at radius 3 is 0.943 bits per heavy atom. The van der Waals surface area contributed by atoms with Crippen LogP contribution in [-0.2, 0) is 6.42 Å². The summed E-state index contributed by atoms with van der Waals surface area (Å²) in [6, 6.07) is 49.7. The van der Waals surface area contributed by atoms with Crippen LogP contribution >= 0.6 is 0 Å². The number of esters is 4. The molecule has 0 fully saturated rings. The molecule has 0 saturated heterocycles. The highest BCUT2D eigenvalue weighted by molar-refractivity contribution is 5.95. The summed E-state index contributed by atoms with van der Waals surface area (Å²) in [7, 11) is 1.66. The molecule has 348 valence electrons. The molecular weight excluding hydrogens is 889 g/mol. The second-order valence-corrected chi connectivity index (χ2v) is 16.0. The van der Waals surface area contributed by atoms with E-state index in [9.17, 15) is 24.0 Å². The van der Waals surface area contributed by atoms with Crippen LogP contribution in [0, 0.1) is 13.8 Å². The molecule has 0 saturated carbocycles. The van der Waals surface area contributed by atoms with E-state index in [2.05, 4.69) is 6.07 Å². The van der Waals surface area contributed by atoms with E-state index in [4.69, 9.17) is 33.2 Å². The van der Waals surface area contributed by atoms with E-state index in [1.807, 2.05) is 38.1 Å². The summed E-state index contributed by atoms with van der Waals surface area (Å²) in [5.74, 6) is 1.54. The normalized spacial score (nSPS) is 10.6. The number of methoxy groups -OCH3 is 1. The van der Waals surface area contributed by atoms with Crippen molar-refractivity contribution in [2.24, 2.45) is 0 Å². The van der Waals surface area contributed by atoms with Crippen LogP contribution in [-0.4, -0.2) is 36.8 Å². The van der Waals surface area contributed by atoms with Gasteiger partial charge in [0.2, 0.25) is 0 Å². The van der Waals surface area contributed by atoms with E-state index >= 15 is 0 Å². The molecule has 70 heavy (non-hydrogen) atoms. The molecular formula is C58H44O12. The summed E-state index contributed by atoms with van der Waals surface area (Å²) in [4.78, 5) is 63.1. The van der Waals surface area contributed by atoms with Crippen LogP contribution in [0.3, 0.4) is 0 Å². The van der Waals surface area contributed by atoms with Crippen LogP contribution in [0.15, 0.2) is 182 Å². The molecule has 0 unspecified atom stereocenters. The molecule has 8 rings (SSSR count). The molecule has 8 aromatic rings. The fourth-order valence-corrected chi connectivity index (χ4v) is 7.12. The first kappa shape index (κ1) is 47.2. The Kier molecular flexibility index (Phi) is 14.5. The van der Waals surface area contributed by atoms with Crippen LogP contribution in [0.25, 0.3) is 0 Å². The predicted molar refractivity (Wildman–Crippen MR) is 260 cm³/mol. The predicted octanol–water partition coefficient (Wildman–Crippen LogP) is 12.6.